The lowest BCUT2D eigenvalue weighted by molar-refractivity contribution is 0.303. The largest absolute Gasteiger partial charge is 0.508 e. The van der Waals surface area contributed by atoms with Gasteiger partial charge in [0, 0.05) is 24.6 Å². The van der Waals surface area contributed by atoms with Gasteiger partial charge >= 0.3 is 0 Å². The summed E-state index contributed by atoms with van der Waals surface area (Å²) in [6.45, 7) is 7.07. The van der Waals surface area contributed by atoms with Crippen molar-refractivity contribution in [2.45, 2.75) is 20.3 Å². The van der Waals surface area contributed by atoms with Crippen molar-refractivity contribution in [3.8, 4) is 23.0 Å². The Morgan fingerprint density at radius 1 is 1.10 bits per heavy atom. The second-order valence-electron chi connectivity index (χ2n) is 4.53. The van der Waals surface area contributed by atoms with Gasteiger partial charge < -0.3 is 19.6 Å². The minimum atomic E-state index is -0.0390. The Labute approximate surface area is 117 Å². The average molecular weight is 277 g/mol. The van der Waals surface area contributed by atoms with E-state index in [0.29, 0.717) is 23.7 Å². The Hall–Kier alpha value is -2.08. The number of hydrogen-bond acceptors (Lipinski definition) is 6. The number of phenolic OH excluding ortho intramolecular Hbond substituents is 2. The molecule has 6 nitrogen and oxygen atoms in total. The minimum Gasteiger partial charge on any atom is -0.508 e. The summed E-state index contributed by atoms with van der Waals surface area (Å²) < 4.78 is 5.16. The monoisotopic (exact) mass is 277 g/mol. The summed E-state index contributed by atoms with van der Waals surface area (Å²) in [5.74, 6) is 0.839. The van der Waals surface area contributed by atoms with Crippen LogP contribution in [0.25, 0.3) is 11.5 Å². The van der Waals surface area contributed by atoms with Gasteiger partial charge in [-0.3, -0.25) is 0 Å². The van der Waals surface area contributed by atoms with Crippen LogP contribution in [0.5, 0.6) is 11.5 Å². The zero-order valence-corrected chi connectivity index (χ0v) is 11.7. The number of nitrogens with zero attached hydrogens (tertiary/aromatic N) is 3. The van der Waals surface area contributed by atoms with Gasteiger partial charge in [-0.2, -0.15) is 4.98 Å². The van der Waals surface area contributed by atoms with Gasteiger partial charge in [0.25, 0.3) is 5.89 Å². The van der Waals surface area contributed by atoms with E-state index in [1.807, 2.05) is 0 Å². The minimum absolute atomic E-state index is 0.0390. The fourth-order valence-electron chi connectivity index (χ4n) is 1.99. The van der Waals surface area contributed by atoms with Crippen LogP contribution in [-0.4, -0.2) is 44.9 Å². The smallest absolute Gasteiger partial charge is 0.258 e. The van der Waals surface area contributed by atoms with Gasteiger partial charge in [0.15, 0.2) is 5.82 Å². The SMILES string of the molecule is CCN(CC)CCc1noc(-c2cc(O)cc(O)c2)n1. The number of benzene rings is 1. The van der Waals surface area contributed by atoms with Gasteiger partial charge in [0.1, 0.15) is 11.5 Å². The van der Waals surface area contributed by atoms with E-state index in [9.17, 15) is 10.2 Å². The van der Waals surface area contributed by atoms with Gasteiger partial charge in [-0.1, -0.05) is 19.0 Å². The molecule has 0 radical (unpaired) electrons. The van der Waals surface area contributed by atoms with Crippen LogP contribution in [0.15, 0.2) is 22.7 Å². The maximum Gasteiger partial charge on any atom is 0.258 e. The van der Waals surface area contributed by atoms with Gasteiger partial charge in [-0.15, -0.1) is 0 Å². The first-order valence-electron chi connectivity index (χ1n) is 6.70. The lowest BCUT2D eigenvalue weighted by Gasteiger charge is -2.16. The van der Waals surface area contributed by atoms with E-state index >= 15 is 0 Å². The molecule has 0 fully saturated rings. The molecule has 6 heteroatoms. The Bertz CT molecular complexity index is 544. The summed E-state index contributed by atoms with van der Waals surface area (Å²) in [5.41, 5.74) is 0.504. The van der Waals surface area contributed by atoms with Crippen molar-refractivity contribution in [1.82, 2.24) is 15.0 Å². The standard InChI is InChI=1S/C14H19N3O3/c1-3-17(4-2)6-5-13-15-14(20-16-13)10-7-11(18)9-12(19)8-10/h7-9,18-19H,3-6H2,1-2H3. The van der Waals surface area contributed by atoms with Crippen molar-refractivity contribution < 1.29 is 14.7 Å². The van der Waals surface area contributed by atoms with Crippen molar-refractivity contribution in [2.75, 3.05) is 19.6 Å². The van der Waals surface area contributed by atoms with Crippen LogP contribution in [-0.2, 0) is 6.42 Å². The zero-order valence-electron chi connectivity index (χ0n) is 11.7. The Balaban J connectivity index is 2.08. The molecule has 0 bridgehead atoms. The second kappa shape index (κ2) is 6.38. The molecule has 0 unspecified atom stereocenters. The van der Waals surface area contributed by atoms with E-state index < -0.39 is 0 Å². The third-order valence-corrected chi connectivity index (χ3v) is 3.16. The third kappa shape index (κ3) is 3.48. The average Bonchev–Trinajstić information content (AvgIpc) is 2.88. The molecule has 1 heterocycles. The summed E-state index contributed by atoms with van der Waals surface area (Å²) in [5, 5.41) is 22.8. The number of likely N-dealkylation sites (N-methyl/N-ethyl adjacent to an activating group) is 1. The van der Waals surface area contributed by atoms with Crippen LogP contribution < -0.4 is 0 Å². The summed E-state index contributed by atoms with van der Waals surface area (Å²) in [7, 11) is 0. The fourth-order valence-corrected chi connectivity index (χ4v) is 1.99. The van der Waals surface area contributed by atoms with Crippen LogP contribution in [0.3, 0.4) is 0 Å². The van der Waals surface area contributed by atoms with E-state index in [4.69, 9.17) is 4.52 Å². The van der Waals surface area contributed by atoms with Crippen LogP contribution >= 0.6 is 0 Å². The molecule has 20 heavy (non-hydrogen) atoms. The lowest BCUT2D eigenvalue weighted by Crippen LogP contribution is -2.25. The molecule has 2 rings (SSSR count). The maximum atomic E-state index is 9.45. The molecule has 1 aromatic heterocycles. The molecule has 0 amide bonds. The molecule has 2 aromatic rings. The first kappa shape index (κ1) is 14.3. The fraction of sp³-hybridized carbons (Fsp3) is 0.429. The molecule has 0 aliphatic heterocycles. The van der Waals surface area contributed by atoms with E-state index in [1.165, 1.54) is 18.2 Å². The number of aromatic nitrogens is 2. The van der Waals surface area contributed by atoms with E-state index in [1.54, 1.807) is 0 Å². The second-order valence-corrected chi connectivity index (χ2v) is 4.53. The van der Waals surface area contributed by atoms with Crippen molar-refractivity contribution in [1.29, 1.82) is 0 Å². The van der Waals surface area contributed by atoms with Gasteiger partial charge in [0.2, 0.25) is 0 Å². The number of rotatable bonds is 6. The quantitative estimate of drug-likeness (QED) is 0.840. The molecular weight excluding hydrogens is 258 g/mol. The number of phenols is 2. The third-order valence-electron chi connectivity index (χ3n) is 3.16. The highest BCUT2D eigenvalue weighted by Gasteiger charge is 2.11. The maximum absolute atomic E-state index is 9.45. The summed E-state index contributed by atoms with van der Waals surface area (Å²) in [6.07, 6.45) is 0.704. The Morgan fingerprint density at radius 3 is 2.35 bits per heavy atom. The Morgan fingerprint density at radius 2 is 1.75 bits per heavy atom. The number of aromatic hydroxyl groups is 2. The molecular formula is C14H19N3O3. The predicted molar refractivity (Wildman–Crippen MR) is 74.6 cm³/mol. The molecule has 0 aliphatic rings. The highest BCUT2D eigenvalue weighted by molar-refractivity contribution is 5.58. The van der Waals surface area contributed by atoms with Crippen LogP contribution in [0, 0.1) is 0 Å². The molecule has 0 atom stereocenters. The summed E-state index contributed by atoms with van der Waals surface area (Å²) >= 11 is 0. The van der Waals surface area contributed by atoms with Crippen LogP contribution in [0.2, 0.25) is 0 Å². The van der Waals surface area contributed by atoms with E-state index in [-0.39, 0.29) is 11.5 Å². The first-order chi connectivity index (χ1) is 9.62. The lowest BCUT2D eigenvalue weighted by atomic mass is 10.2. The first-order valence-corrected chi connectivity index (χ1v) is 6.70. The van der Waals surface area contributed by atoms with E-state index in [2.05, 4.69) is 28.9 Å². The normalized spacial score (nSPS) is 11.2. The van der Waals surface area contributed by atoms with Crippen LogP contribution in [0.1, 0.15) is 19.7 Å². The van der Waals surface area contributed by atoms with Gasteiger partial charge in [0.05, 0.1) is 0 Å². The van der Waals surface area contributed by atoms with Crippen molar-refractivity contribution in [3.63, 3.8) is 0 Å². The van der Waals surface area contributed by atoms with Crippen molar-refractivity contribution in [2.24, 2.45) is 0 Å². The topological polar surface area (TPSA) is 82.6 Å². The van der Waals surface area contributed by atoms with Crippen molar-refractivity contribution >= 4 is 0 Å². The predicted octanol–water partition coefficient (Wildman–Crippen LogP) is 2.03. The summed E-state index contributed by atoms with van der Waals surface area (Å²) in [6, 6.07) is 4.20. The molecule has 1 aromatic carbocycles. The Kier molecular flexibility index (Phi) is 4.57. The highest BCUT2D eigenvalue weighted by Crippen LogP contribution is 2.27. The molecule has 0 spiro atoms. The van der Waals surface area contributed by atoms with Crippen LogP contribution in [0.4, 0.5) is 0 Å². The van der Waals surface area contributed by atoms with Gasteiger partial charge in [-0.25, -0.2) is 0 Å². The molecule has 2 N–H and O–H groups in total. The molecule has 0 aliphatic carbocycles. The summed E-state index contributed by atoms with van der Waals surface area (Å²) in [4.78, 5) is 6.55. The zero-order chi connectivity index (χ0) is 14.5. The van der Waals surface area contributed by atoms with Crippen molar-refractivity contribution in [3.05, 3.63) is 24.0 Å². The highest BCUT2D eigenvalue weighted by atomic mass is 16.5. The molecule has 0 saturated heterocycles. The number of hydrogen-bond donors (Lipinski definition) is 2. The van der Waals surface area contributed by atoms with E-state index in [0.717, 1.165) is 19.6 Å². The van der Waals surface area contributed by atoms with Gasteiger partial charge in [-0.05, 0) is 25.2 Å². The molecule has 0 saturated carbocycles. The molecule has 108 valence electrons.